The van der Waals surface area contributed by atoms with E-state index in [0.717, 1.165) is 38.5 Å². The van der Waals surface area contributed by atoms with Crippen molar-refractivity contribution in [1.29, 1.82) is 0 Å². The lowest BCUT2D eigenvalue weighted by Crippen LogP contribution is -2.47. The molecule has 2 unspecified atom stereocenters. The van der Waals surface area contributed by atoms with E-state index in [2.05, 4.69) is 29.5 Å². The van der Waals surface area contributed by atoms with Gasteiger partial charge in [0.05, 0.1) is 5.92 Å². The quantitative estimate of drug-likeness (QED) is 0.738. The fourth-order valence-corrected chi connectivity index (χ4v) is 2.59. The van der Waals surface area contributed by atoms with Crippen molar-refractivity contribution in [2.24, 2.45) is 5.92 Å². The van der Waals surface area contributed by atoms with Crippen LogP contribution in [0.2, 0.25) is 0 Å². The SMILES string of the molecule is CC1NCCCC1C(=O)NCCN(C)C1CC1. The van der Waals surface area contributed by atoms with E-state index in [0.29, 0.717) is 6.04 Å². The van der Waals surface area contributed by atoms with Gasteiger partial charge in [0, 0.05) is 25.2 Å². The van der Waals surface area contributed by atoms with Crippen molar-refractivity contribution in [2.75, 3.05) is 26.7 Å². The molecule has 0 aromatic heterocycles. The minimum Gasteiger partial charge on any atom is -0.355 e. The molecule has 17 heavy (non-hydrogen) atoms. The van der Waals surface area contributed by atoms with Crippen LogP contribution in [0, 0.1) is 5.92 Å². The lowest BCUT2D eigenvalue weighted by Gasteiger charge is -2.29. The van der Waals surface area contributed by atoms with Crippen molar-refractivity contribution in [3.8, 4) is 0 Å². The van der Waals surface area contributed by atoms with Gasteiger partial charge in [-0.2, -0.15) is 0 Å². The van der Waals surface area contributed by atoms with E-state index < -0.39 is 0 Å². The highest BCUT2D eigenvalue weighted by Gasteiger charge is 2.28. The number of rotatable bonds is 5. The molecule has 1 saturated carbocycles. The Kier molecular flexibility index (Phi) is 4.40. The van der Waals surface area contributed by atoms with Crippen LogP contribution in [-0.4, -0.2) is 49.6 Å². The van der Waals surface area contributed by atoms with Crippen LogP contribution >= 0.6 is 0 Å². The molecule has 0 bridgehead atoms. The molecular formula is C13H25N3O. The summed E-state index contributed by atoms with van der Waals surface area (Å²) in [6.45, 7) is 4.93. The molecule has 4 nitrogen and oxygen atoms in total. The molecule has 2 fully saturated rings. The van der Waals surface area contributed by atoms with Gasteiger partial charge in [-0.05, 0) is 46.2 Å². The summed E-state index contributed by atoms with van der Waals surface area (Å²) in [7, 11) is 2.15. The molecule has 1 heterocycles. The van der Waals surface area contributed by atoms with Crippen LogP contribution in [0.25, 0.3) is 0 Å². The third-order valence-corrected chi connectivity index (χ3v) is 4.03. The zero-order valence-electron chi connectivity index (χ0n) is 11.0. The average Bonchev–Trinajstić information content (AvgIpc) is 3.13. The van der Waals surface area contributed by atoms with Crippen LogP contribution in [0.5, 0.6) is 0 Å². The smallest absolute Gasteiger partial charge is 0.224 e. The third-order valence-electron chi connectivity index (χ3n) is 4.03. The zero-order valence-corrected chi connectivity index (χ0v) is 11.0. The predicted molar refractivity (Wildman–Crippen MR) is 68.9 cm³/mol. The second-order valence-electron chi connectivity index (χ2n) is 5.49. The molecule has 0 aromatic carbocycles. The first-order chi connectivity index (χ1) is 8.18. The highest BCUT2D eigenvalue weighted by Crippen LogP contribution is 2.24. The van der Waals surface area contributed by atoms with E-state index in [1.165, 1.54) is 12.8 Å². The zero-order chi connectivity index (χ0) is 12.3. The molecule has 0 aromatic rings. The van der Waals surface area contributed by atoms with Gasteiger partial charge < -0.3 is 15.5 Å². The Hall–Kier alpha value is -0.610. The topological polar surface area (TPSA) is 44.4 Å². The summed E-state index contributed by atoms with van der Waals surface area (Å²) in [5.74, 6) is 0.392. The van der Waals surface area contributed by atoms with Gasteiger partial charge in [0.2, 0.25) is 5.91 Å². The molecule has 2 aliphatic rings. The molecule has 0 spiro atoms. The summed E-state index contributed by atoms with van der Waals surface area (Å²) in [6, 6.07) is 1.10. The van der Waals surface area contributed by atoms with Crippen LogP contribution < -0.4 is 10.6 Å². The van der Waals surface area contributed by atoms with E-state index in [9.17, 15) is 4.79 Å². The second kappa shape index (κ2) is 5.83. The minimum atomic E-state index is 0.162. The Labute approximate surface area is 104 Å². The van der Waals surface area contributed by atoms with Crippen LogP contribution in [-0.2, 0) is 4.79 Å². The van der Waals surface area contributed by atoms with E-state index >= 15 is 0 Å². The third kappa shape index (κ3) is 3.68. The van der Waals surface area contributed by atoms with Gasteiger partial charge in [-0.25, -0.2) is 0 Å². The number of nitrogens with zero attached hydrogens (tertiary/aromatic N) is 1. The number of hydrogen-bond donors (Lipinski definition) is 2. The maximum absolute atomic E-state index is 12.0. The van der Waals surface area contributed by atoms with E-state index in [-0.39, 0.29) is 11.8 Å². The molecule has 1 aliphatic heterocycles. The maximum Gasteiger partial charge on any atom is 0.224 e. The van der Waals surface area contributed by atoms with Crippen molar-refractivity contribution >= 4 is 5.91 Å². The highest BCUT2D eigenvalue weighted by atomic mass is 16.1. The van der Waals surface area contributed by atoms with Crippen LogP contribution in [0.1, 0.15) is 32.6 Å². The number of piperidine rings is 1. The molecule has 98 valence electrons. The minimum absolute atomic E-state index is 0.162. The summed E-state index contributed by atoms with van der Waals surface area (Å²) >= 11 is 0. The van der Waals surface area contributed by atoms with Crippen molar-refractivity contribution in [2.45, 2.75) is 44.7 Å². The van der Waals surface area contributed by atoms with Crippen molar-refractivity contribution in [3.05, 3.63) is 0 Å². The van der Waals surface area contributed by atoms with Gasteiger partial charge in [-0.3, -0.25) is 4.79 Å². The molecule has 2 N–H and O–H groups in total. The lowest BCUT2D eigenvalue weighted by atomic mass is 9.91. The Morgan fingerprint density at radius 1 is 1.41 bits per heavy atom. The number of likely N-dealkylation sites (N-methyl/N-ethyl adjacent to an activating group) is 1. The van der Waals surface area contributed by atoms with Crippen LogP contribution in [0.4, 0.5) is 0 Å². The first kappa shape index (κ1) is 12.8. The number of hydrogen-bond acceptors (Lipinski definition) is 3. The monoisotopic (exact) mass is 239 g/mol. The first-order valence-electron chi connectivity index (χ1n) is 6.90. The number of carbonyl (C=O) groups is 1. The summed E-state index contributed by atoms with van der Waals surface area (Å²) in [5, 5.41) is 6.44. The van der Waals surface area contributed by atoms with E-state index in [1.807, 2.05) is 0 Å². The molecule has 1 amide bonds. The molecular weight excluding hydrogens is 214 g/mol. The highest BCUT2D eigenvalue weighted by molar-refractivity contribution is 5.79. The van der Waals surface area contributed by atoms with Crippen molar-refractivity contribution in [3.63, 3.8) is 0 Å². The largest absolute Gasteiger partial charge is 0.355 e. The van der Waals surface area contributed by atoms with Crippen LogP contribution in [0.3, 0.4) is 0 Å². The summed E-state index contributed by atoms with van der Waals surface area (Å²) in [4.78, 5) is 14.4. The fraction of sp³-hybridized carbons (Fsp3) is 0.923. The fourth-order valence-electron chi connectivity index (χ4n) is 2.59. The summed E-state index contributed by atoms with van der Waals surface area (Å²) in [5.41, 5.74) is 0. The van der Waals surface area contributed by atoms with E-state index in [4.69, 9.17) is 0 Å². The number of carbonyl (C=O) groups excluding carboxylic acids is 1. The van der Waals surface area contributed by atoms with Crippen molar-refractivity contribution < 1.29 is 4.79 Å². The lowest BCUT2D eigenvalue weighted by molar-refractivity contribution is -0.126. The number of amides is 1. The van der Waals surface area contributed by atoms with Crippen LogP contribution in [0.15, 0.2) is 0 Å². The molecule has 2 rings (SSSR count). The molecule has 1 saturated heterocycles. The number of nitrogens with one attached hydrogen (secondary N) is 2. The second-order valence-corrected chi connectivity index (χ2v) is 5.49. The maximum atomic E-state index is 12.0. The van der Waals surface area contributed by atoms with Gasteiger partial charge in [0.25, 0.3) is 0 Å². The Bertz CT molecular complexity index is 265. The Balaban J connectivity index is 1.65. The van der Waals surface area contributed by atoms with Gasteiger partial charge in [-0.15, -0.1) is 0 Å². The van der Waals surface area contributed by atoms with Gasteiger partial charge in [0.1, 0.15) is 0 Å². The standard InChI is InChI=1S/C13H25N3O/c1-10-12(4-3-7-14-10)13(17)15-8-9-16(2)11-5-6-11/h10-12,14H,3-9H2,1-2H3,(H,15,17). The molecule has 2 atom stereocenters. The van der Waals surface area contributed by atoms with Gasteiger partial charge in [0.15, 0.2) is 0 Å². The summed E-state index contributed by atoms with van der Waals surface area (Å²) < 4.78 is 0. The average molecular weight is 239 g/mol. The predicted octanol–water partition coefficient (Wildman–Crippen LogP) is 0.585. The van der Waals surface area contributed by atoms with Crippen molar-refractivity contribution in [1.82, 2.24) is 15.5 Å². The van der Waals surface area contributed by atoms with Gasteiger partial charge in [-0.1, -0.05) is 0 Å². The summed E-state index contributed by atoms with van der Waals surface area (Å²) in [6.07, 6.45) is 4.80. The normalized spacial score (nSPS) is 29.4. The Morgan fingerprint density at radius 2 is 2.18 bits per heavy atom. The Morgan fingerprint density at radius 3 is 2.82 bits per heavy atom. The molecule has 0 radical (unpaired) electrons. The van der Waals surface area contributed by atoms with Gasteiger partial charge >= 0.3 is 0 Å². The molecule has 1 aliphatic carbocycles. The first-order valence-corrected chi connectivity index (χ1v) is 6.90. The van der Waals surface area contributed by atoms with E-state index in [1.54, 1.807) is 0 Å². The molecule has 4 heteroatoms.